The summed E-state index contributed by atoms with van der Waals surface area (Å²) in [4.78, 5) is 22.6. The third-order valence-electron chi connectivity index (χ3n) is 3.03. The molecule has 118 valence electrons. The average molecular weight is 293 g/mol. The van der Waals surface area contributed by atoms with Crippen LogP contribution in [0.3, 0.4) is 0 Å². The summed E-state index contributed by atoms with van der Waals surface area (Å²) >= 11 is 0. The predicted molar refractivity (Wildman–Crippen MR) is 86.8 cm³/mol. The van der Waals surface area contributed by atoms with Crippen molar-refractivity contribution < 1.29 is 4.79 Å². The number of carbonyl (C=O) groups excluding carboxylic acids is 1. The van der Waals surface area contributed by atoms with Gasteiger partial charge in [-0.15, -0.1) is 0 Å². The average Bonchev–Trinajstić information content (AvgIpc) is 2.40. The van der Waals surface area contributed by atoms with Gasteiger partial charge in [0.1, 0.15) is 17.5 Å². The Hall–Kier alpha value is -1.85. The SMILES string of the molecule is CCNc1nc(C)nc(N(C)CC(=O)NCC(C)C)c1C. The minimum Gasteiger partial charge on any atom is -0.370 e. The monoisotopic (exact) mass is 293 g/mol. The van der Waals surface area contributed by atoms with Crippen LogP contribution >= 0.6 is 0 Å². The van der Waals surface area contributed by atoms with Gasteiger partial charge in [0.05, 0.1) is 6.54 Å². The molecule has 0 aromatic carbocycles. The largest absolute Gasteiger partial charge is 0.370 e. The first-order chi connectivity index (χ1) is 9.85. The molecule has 0 fully saturated rings. The number of hydrogen-bond acceptors (Lipinski definition) is 5. The van der Waals surface area contributed by atoms with Gasteiger partial charge in [0.25, 0.3) is 0 Å². The molecular formula is C15H27N5O. The number of carbonyl (C=O) groups is 1. The standard InChI is InChI=1S/C15H27N5O/c1-7-16-14-11(4)15(19-12(5)18-14)20(6)9-13(21)17-8-10(2)3/h10H,7-9H2,1-6H3,(H,17,21)(H,16,18,19). The van der Waals surface area contributed by atoms with Crippen molar-refractivity contribution in [2.24, 2.45) is 5.92 Å². The summed E-state index contributed by atoms with van der Waals surface area (Å²) < 4.78 is 0. The summed E-state index contributed by atoms with van der Waals surface area (Å²) in [6.45, 7) is 11.8. The van der Waals surface area contributed by atoms with E-state index in [1.54, 1.807) is 0 Å². The highest BCUT2D eigenvalue weighted by Crippen LogP contribution is 2.22. The normalized spacial score (nSPS) is 10.6. The van der Waals surface area contributed by atoms with Gasteiger partial charge in [-0.1, -0.05) is 13.8 Å². The van der Waals surface area contributed by atoms with E-state index in [0.29, 0.717) is 18.3 Å². The zero-order valence-corrected chi connectivity index (χ0v) is 13.9. The molecule has 0 radical (unpaired) electrons. The number of nitrogens with zero attached hydrogens (tertiary/aromatic N) is 3. The van der Waals surface area contributed by atoms with Gasteiger partial charge in [0.2, 0.25) is 5.91 Å². The molecule has 1 amide bonds. The van der Waals surface area contributed by atoms with Crippen LogP contribution in [0.4, 0.5) is 11.6 Å². The van der Waals surface area contributed by atoms with E-state index in [0.717, 1.165) is 23.7 Å². The molecule has 0 unspecified atom stereocenters. The molecule has 21 heavy (non-hydrogen) atoms. The van der Waals surface area contributed by atoms with Gasteiger partial charge in [0.15, 0.2) is 0 Å². The van der Waals surface area contributed by atoms with E-state index in [1.807, 2.05) is 32.7 Å². The second kappa shape index (κ2) is 7.81. The number of hydrogen-bond donors (Lipinski definition) is 2. The Labute approximate surface area is 127 Å². The number of likely N-dealkylation sites (N-methyl/N-ethyl adjacent to an activating group) is 1. The molecule has 0 bridgehead atoms. The summed E-state index contributed by atoms with van der Waals surface area (Å²) in [7, 11) is 1.87. The van der Waals surface area contributed by atoms with Crippen LogP contribution in [-0.4, -0.2) is 42.6 Å². The maximum Gasteiger partial charge on any atom is 0.239 e. The molecular weight excluding hydrogens is 266 g/mol. The van der Waals surface area contributed by atoms with Gasteiger partial charge in [-0.3, -0.25) is 4.79 Å². The first-order valence-electron chi connectivity index (χ1n) is 7.42. The van der Waals surface area contributed by atoms with Crippen molar-refractivity contribution in [3.05, 3.63) is 11.4 Å². The zero-order chi connectivity index (χ0) is 16.0. The lowest BCUT2D eigenvalue weighted by Crippen LogP contribution is -2.37. The summed E-state index contributed by atoms with van der Waals surface area (Å²) in [5.74, 6) is 2.77. The molecule has 1 rings (SSSR count). The molecule has 1 aromatic heterocycles. The lowest BCUT2D eigenvalue weighted by atomic mass is 10.2. The second-order valence-electron chi connectivity index (χ2n) is 5.65. The van der Waals surface area contributed by atoms with E-state index >= 15 is 0 Å². The minimum absolute atomic E-state index is 0.00636. The lowest BCUT2D eigenvalue weighted by molar-refractivity contribution is -0.119. The van der Waals surface area contributed by atoms with E-state index in [-0.39, 0.29) is 12.5 Å². The quantitative estimate of drug-likeness (QED) is 0.801. The van der Waals surface area contributed by atoms with Gasteiger partial charge in [-0.05, 0) is 26.7 Å². The number of amides is 1. The van der Waals surface area contributed by atoms with E-state index in [1.165, 1.54) is 0 Å². The maximum absolute atomic E-state index is 11.9. The molecule has 0 aliphatic carbocycles. The van der Waals surface area contributed by atoms with Crippen molar-refractivity contribution >= 4 is 17.5 Å². The highest BCUT2D eigenvalue weighted by atomic mass is 16.2. The van der Waals surface area contributed by atoms with E-state index in [9.17, 15) is 4.79 Å². The fourth-order valence-corrected chi connectivity index (χ4v) is 1.99. The lowest BCUT2D eigenvalue weighted by Gasteiger charge is -2.22. The van der Waals surface area contributed by atoms with E-state index in [2.05, 4.69) is 34.4 Å². The molecule has 0 atom stereocenters. The van der Waals surface area contributed by atoms with Crippen molar-refractivity contribution in [1.82, 2.24) is 15.3 Å². The topological polar surface area (TPSA) is 70.2 Å². The fourth-order valence-electron chi connectivity index (χ4n) is 1.99. The Bertz CT molecular complexity index is 487. The van der Waals surface area contributed by atoms with Gasteiger partial charge >= 0.3 is 0 Å². The maximum atomic E-state index is 11.9. The van der Waals surface area contributed by atoms with Gasteiger partial charge in [0, 0.05) is 25.7 Å². The Morgan fingerprint density at radius 1 is 1.29 bits per heavy atom. The fraction of sp³-hybridized carbons (Fsp3) is 0.667. The van der Waals surface area contributed by atoms with Crippen molar-refractivity contribution in [3.8, 4) is 0 Å². The highest BCUT2D eigenvalue weighted by molar-refractivity contribution is 5.81. The van der Waals surface area contributed by atoms with Crippen LogP contribution in [0.5, 0.6) is 0 Å². The van der Waals surface area contributed by atoms with Crippen molar-refractivity contribution in [2.45, 2.75) is 34.6 Å². The molecule has 0 aliphatic heterocycles. The third-order valence-corrected chi connectivity index (χ3v) is 3.03. The Morgan fingerprint density at radius 2 is 1.95 bits per heavy atom. The van der Waals surface area contributed by atoms with E-state index in [4.69, 9.17) is 0 Å². The number of aromatic nitrogens is 2. The Balaban J connectivity index is 2.82. The first kappa shape index (κ1) is 17.2. The number of nitrogens with one attached hydrogen (secondary N) is 2. The molecule has 0 spiro atoms. The summed E-state index contributed by atoms with van der Waals surface area (Å²) in [6, 6.07) is 0. The third kappa shape index (κ3) is 5.21. The predicted octanol–water partition coefficient (Wildman–Crippen LogP) is 1.73. The highest BCUT2D eigenvalue weighted by Gasteiger charge is 2.15. The minimum atomic E-state index is 0.00636. The molecule has 1 aromatic rings. The number of rotatable bonds is 7. The van der Waals surface area contributed by atoms with Gasteiger partial charge in [-0.25, -0.2) is 9.97 Å². The van der Waals surface area contributed by atoms with Crippen LogP contribution in [0.2, 0.25) is 0 Å². The summed E-state index contributed by atoms with van der Waals surface area (Å²) in [6.07, 6.45) is 0. The molecule has 0 saturated carbocycles. The zero-order valence-electron chi connectivity index (χ0n) is 13.9. The molecule has 0 aliphatic rings. The summed E-state index contributed by atoms with van der Waals surface area (Å²) in [5.41, 5.74) is 0.960. The van der Waals surface area contributed by atoms with Crippen LogP contribution in [-0.2, 0) is 4.79 Å². The van der Waals surface area contributed by atoms with Crippen molar-refractivity contribution in [1.29, 1.82) is 0 Å². The second-order valence-corrected chi connectivity index (χ2v) is 5.65. The van der Waals surface area contributed by atoms with Crippen LogP contribution in [0.15, 0.2) is 0 Å². The molecule has 6 heteroatoms. The number of anilines is 2. The Morgan fingerprint density at radius 3 is 2.52 bits per heavy atom. The summed E-state index contributed by atoms with van der Waals surface area (Å²) in [5, 5.41) is 6.14. The number of aryl methyl sites for hydroxylation is 1. The Kier molecular flexibility index (Phi) is 6.39. The van der Waals surface area contributed by atoms with Gasteiger partial charge < -0.3 is 15.5 Å². The molecule has 1 heterocycles. The van der Waals surface area contributed by atoms with Gasteiger partial charge in [-0.2, -0.15) is 0 Å². The van der Waals surface area contributed by atoms with Crippen LogP contribution in [0.1, 0.15) is 32.2 Å². The molecule has 6 nitrogen and oxygen atoms in total. The molecule has 0 saturated heterocycles. The van der Waals surface area contributed by atoms with Crippen molar-refractivity contribution in [2.75, 3.05) is 36.9 Å². The molecule has 2 N–H and O–H groups in total. The first-order valence-corrected chi connectivity index (χ1v) is 7.42. The smallest absolute Gasteiger partial charge is 0.239 e. The van der Waals surface area contributed by atoms with Crippen LogP contribution < -0.4 is 15.5 Å². The van der Waals surface area contributed by atoms with E-state index < -0.39 is 0 Å². The van der Waals surface area contributed by atoms with Crippen LogP contribution in [0, 0.1) is 19.8 Å². The van der Waals surface area contributed by atoms with Crippen LogP contribution in [0.25, 0.3) is 0 Å². The van der Waals surface area contributed by atoms with Crippen molar-refractivity contribution in [3.63, 3.8) is 0 Å².